The van der Waals surface area contributed by atoms with Crippen molar-refractivity contribution in [2.75, 3.05) is 18.1 Å². The summed E-state index contributed by atoms with van der Waals surface area (Å²) in [5.41, 5.74) is 7.82. The molecule has 0 bridgehead atoms. The highest BCUT2D eigenvalue weighted by Crippen LogP contribution is 2.42. The summed E-state index contributed by atoms with van der Waals surface area (Å²) in [6.07, 6.45) is 1.42. The highest BCUT2D eigenvalue weighted by Gasteiger charge is 2.55. The number of aromatic nitrogens is 2. The number of esters is 1. The average molecular weight is 761 g/mol. The highest BCUT2D eigenvalue weighted by atomic mass is 32.2. The number of hydrogen-bond donors (Lipinski definition) is 2. The topological polar surface area (TPSA) is 192 Å². The average Bonchev–Trinajstić information content (AvgIpc) is 3.58. The number of aryl methyl sites for hydroxylation is 1. The quantitative estimate of drug-likeness (QED) is 0.0497. The number of ether oxygens (including phenoxy) is 1. The van der Waals surface area contributed by atoms with Crippen LogP contribution >= 0.6 is 23.3 Å². The molecule has 2 amide bonds. The van der Waals surface area contributed by atoms with Gasteiger partial charge in [-0.15, -0.1) is 11.8 Å². The third-order valence-electron chi connectivity index (χ3n) is 7.82. The zero-order valence-corrected chi connectivity index (χ0v) is 30.2. The van der Waals surface area contributed by atoms with Gasteiger partial charge in [0.25, 0.3) is 11.8 Å². The summed E-state index contributed by atoms with van der Waals surface area (Å²) in [6, 6.07) is 23.3. The van der Waals surface area contributed by atoms with Gasteiger partial charge in [0.1, 0.15) is 34.9 Å². The predicted octanol–water partition coefficient (Wildman–Crippen LogP) is 4.08. The summed E-state index contributed by atoms with van der Waals surface area (Å²) >= 11 is 2.10. The second-order valence-electron chi connectivity index (χ2n) is 11.3. The van der Waals surface area contributed by atoms with Crippen LogP contribution in [-0.2, 0) is 38.3 Å². The van der Waals surface area contributed by atoms with Crippen LogP contribution in [0.3, 0.4) is 0 Å². The SMILES string of the molecule is CCON=C(C(=O)NC1C(=O)N2C(C(=O)OC(c3ccccc3)c3ccccc3)=C(C=COS(=O)(=O)c3ccc(C)cc3)CS[C@H]12)c1nsc(N)n1. The first-order valence-corrected chi connectivity index (χ1v) is 19.1. The standard InChI is InChI=1S/C35H32N6O8S3/c1-3-47-39-26(30-38-35(36)51-40-30)31(42)37-27-32(43)41-28(34(44)49-29(22-10-6-4-7-11-22)23-12-8-5-9-13-23)24(20-50-33(27)41)18-19-48-52(45,46)25-16-14-21(2)15-17-25/h4-19,27,29,33H,3,20H2,1-2H3,(H,37,42)(H2,36,38,40)/t27?,33-/m1/s1. The van der Waals surface area contributed by atoms with E-state index in [4.69, 9.17) is 19.5 Å². The second-order valence-corrected chi connectivity index (χ2v) is 14.8. The van der Waals surface area contributed by atoms with E-state index in [1.807, 2.05) is 67.6 Å². The van der Waals surface area contributed by atoms with Crippen molar-refractivity contribution in [3.05, 3.63) is 131 Å². The molecule has 268 valence electrons. The van der Waals surface area contributed by atoms with Gasteiger partial charge in [-0.1, -0.05) is 83.5 Å². The molecule has 0 spiro atoms. The minimum Gasteiger partial charge on any atom is -0.448 e. The van der Waals surface area contributed by atoms with Gasteiger partial charge in [-0.25, -0.2) is 4.79 Å². The van der Waals surface area contributed by atoms with Gasteiger partial charge in [-0.2, -0.15) is 17.8 Å². The van der Waals surface area contributed by atoms with Crippen molar-refractivity contribution in [3.63, 3.8) is 0 Å². The zero-order chi connectivity index (χ0) is 36.8. The van der Waals surface area contributed by atoms with Crippen molar-refractivity contribution in [2.45, 2.75) is 36.3 Å². The number of anilines is 1. The number of nitrogen functional groups attached to an aromatic ring is 1. The number of nitrogens with zero attached hydrogens (tertiary/aromatic N) is 4. The first-order valence-electron chi connectivity index (χ1n) is 15.8. The molecule has 52 heavy (non-hydrogen) atoms. The molecule has 6 rings (SSSR count). The van der Waals surface area contributed by atoms with Crippen molar-refractivity contribution >= 4 is 62.0 Å². The number of nitrogens with one attached hydrogen (secondary N) is 1. The smallest absolute Gasteiger partial charge is 0.356 e. The fourth-order valence-corrected chi connectivity index (χ4v) is 7.84. The van der Waals surface area contributed by atoms with E-state index in [0.717, 1.165) is 23.4 Å². The lowest BCUT2D eigenvalue weighted by Gasteiger charge is -2.49. The van der Waals surface area contributed by atoms with E-state index in [-0.39, 0.29) is 45.2 Å². The number of thioether (sulfide) groups is 1. The minimum atomic E-state index is -4.19. The van der Waals surface area contributed by atoms with Gasteiger partial charge in [-0.05, 0) is 48.8 Å². The number of carbonyl (C=O) groups excluding carboxylic acids is 3. The van der Waals surface area contributed by atoms with Crippen LogP contribution in [0.4, 0.5) is 5.13 Å². The van der Waals surface area contributed by atoms with Crippen LogP contribution in [0.1, 0.15) is 35.5 Å². The summed E-state index contributed by atoms with van der Waals surface area (Å²) in [7, 11) is -4.19. The maximum absolute atomic E-state index is 14.2. The molecule has 2 aliphatic rings. The molecule has 0 radical (unpaired) electrons. The number of nitrogens with two attached hydrogens (primary N) is 1. The lowest BCUT2D eigenvalue weighted by Crippen LogP contribution is -2.71. The van der Waals surface area contributed by atoms with E-state index in [9.17, 15) is 22.8 Å². The van der Waals surface area contributed by atoms with Gasteiger partial charge in [0.05, 0.1) is 0 Å². The van der Waals surface area contributed by atoms with E-state index in [1.165, 1.54) is 34.9 Å². The number of allylic oxidation sites excluding steroid dienone is 1. The van der Waals surface area contributed by atoms with Gasteiger partial charge in [-0.3, -0.25) is 14.5 Å². The Bertz CT molecular complexity index is 2120. The summed E-state index contributed by atoms with van der Waals surface area (Å²) in [5.74, 6) is -2.19. The van der Waals surface area contributed by atoms with E-state index in [0.29, 0.717) is 11.1 Å². The largest absolute Gasteiger partial charge is 0.448 e. The molecule has 1 fully saturated rings. The molecule has 1 aromatic heterocycles. The number of hydrogen-bond acceptors (Lipinski definition) is 14. The molecular weight excluding hydrogens is 729 g/mol. The van der Waals surface area contributed by atoms with E-state index >= 15 is 0 Å². The van der Waals surface area contributed by atoms with E-state index in [1.54, 1.807) is 19.1 Å². The fraction of sp³-hybridized carbons (Fsp3) is 0.200. The maximum Gasteiger partial charge on any atom is 0.356 e. The van der Waals surface area contributed by atoms with Gasteiger partial charge >= 0.3 is 16.1 Å². The number of rotatable bonds is 13. The fourth-order valence-electron chi connectivity index (χ4n) is 5.30. The van der Waals surface area contributed by atoms with Gasteiger partial charge in [0.15, 0.2) is 11.2 Å². The Morgan fingerprint density at radius 3 is 2.31 bits per heavy atom. The molecule has 3 aromatic carbocycles. The number of β-lactam (4-membered cyclic amide) rings is 1. The van der Waals surface area contributed by atoms with Crippen LogP contribution in [0.15, 0.2) is 119 Å². The summed E-state index contributed by atoms with van der Waals surface area (Å²) in [6.45, 7) is 3.66. The normalized spacial score (nSPS) is 17.5. The number of oxime groups is 1. The maximum atomic E-state index is 14.2. The lowest BCUT2D eigenvalue weighted by molar-refractivity contribution is -0.154. The highest BCUT2D eigenvalue weighted by molar-refractivity contribution is 8.00. The van der Waals surface area contributed by atoms with Crippen molar-refractivity contribution in [2.24, 2.45) is 5.16 Å². The Hall–Kier alpha value is -5.52. The third-order valence-corrected chi connectivity index (χ3v) is 10.9. The monoisotopic (exact) mass is 760 g/mol. The van der Waals surface area contributed by atoms with E-state index < -0.39 is 45.4 Å². The molecule has 1 unspecified atom stereocenters. The van der Waals surface area contributed by atoms with Gasteiger partial charge < -0.3 is 24.8 Å². The Morgan fingerprint density at radius 2 is 1.71 bits per heavy atom. The van der Waals surface area contributed by atoms with Crippen molar-refractivity contribution in [1.82, 2.24) is 19.6 Å². The number of carbonyl (C=O) groups is 3. The number of benzene rings is 3. The Morgan fingerprint density at radius 1 is 1.06 bits per heavy atom. The van der Waals surface area contributed by atoms with Crippen LogP contribution in [0.5, 0.6) is 0 Å². The zero-order valence-electron chi connectivity index (χ0n) is 27.7. The predicted molar refractivity (Wildman–Crippen MR) is 194 cm³/mol. The van der Waals surface area contributed by atoms with Crippen molar-refractivity contribution in [1.29, 1.82) is 0 Å². The summed E-state index contributed by atoms with van der Waals surface area (Å²) < 4.78 is 41.1. The van der Waals surface area contributed by atoms with Crippen LogP contribution in [0, 0.1) is 6.92 Å². The molecular formula is C35H32N6O8S3. The lowest BCUT2D eigenvalue weighted by atomic mass is 10.0. The second kappa shape index (κ2) is 15.8. The molecule has 1 saturated heterocycles. The number of fused-ring (bicyclic) bond motifs is 1. The minimum absolute atomic E-state index is 0.0534. The molecule has 4 aromatic rings. The van der Waals surface area contributed by atoms with Gasteiger partial charge in [0.2, 0.25) is 11.5 Å². The summed E-state index contributed by atoms with van der Waals surface area (Å²) in [4.78, 5) is 51.7. The first kappa shape index (κ1) is 36.3. The molecule has 2 atom stereocenters. The van der Waals surface area contributed by atoms with Crippen LogP contribution in [0.25, 0.3) is 0 Å². The molecule has 0 saturated carbocycles. The molecule has 3 N–H and O–H groups in total. The van der Waals surface area contributed by atoms with Crippen molar-refractivity contribution < 1.29 is 36.6 Å². The van der Waals surface area contributed by atoms with Crippen LogP contribution < -0.4 is 11.1 Å². The van der Waals surface area contributed by atoms with Crippen molar-refractivity contribution in [3.8, 4) is 0 Å². The van der Waals surface area contributed by atoms with Crippen LogP contribution in [-0.4, -0.2) is 69.9 Å². The Labute approximate surface area is 307 Å². The molecule has 3 heterocycles. The molecule has 17 heteroatoms. The summed E-state index contributed by atoms with van der Waals surface area (Å²) in [5, 5.41) is 5.87. The Balaban J connectivity index is 1.31. The third kappa shape index (κ3) is 7.85. The molecule has 2 aliphatic heterocycles. The van der Waals surface area contributed by atoms with E-state index in [2.05, 4.69) is 19.8 Å². The number of amides is 2. The van der Waals surface area contributed by atoms with Gasteiger partial charge in [0, 0.05) is 17.3 Å². The molecule has 14 nitrogen and oxygen atoms in total. The van der Waals surface area contributed by atoms with Crippen LogP contribution in [0.2, 0.25) is 0 Å². The molecule has 0 aliphatic carbocycles. The first-order chi connectivity index (χ1) is 25.1. The Kier molecular flexibility index (Phi) is 11.0.